The second-order valence-corrected chi connectivity index (χ2v) is 8.98. The van der Waals surface area contributed by atoms with Gasteiger partial charge in [0.15, 0.2) is 5.13 Å². The van der Waals surface area contributed by atoms with E-state index in [0.717, 1.165) is 11.3 Å². The van der Waals surface area contributed by atoms with Crippen molar-refractivity contribution >= 4 is 33.9 Å². The molecule has 1 saturated heterocycles. The molecule has 2 aliphatic heterocycles. The van der Waals surface area contributed by atoms with Crippen LogP contribution in [-0.2, 0) is 16.0 Å². The van der Waals surface area contributed by atoms with Crippen LogP contribution < -0.4 is 14.4 Å². The maximum atomic E-state index is 13.2. The monoisotopic (exact) mass is 474 g/mol. The Hall–Kier alpha value is -3.91. The normalized spacial score (nSPS) is 20.8. The van der Waals surface area contributed by atoms with Crippen LogP contribution in [0.5, 0.6) is 11.5 Å². The van der Waals surface area contributed by atoms with Gasteiger partial charge >= 0.3 is 5.91 Å². The molecule has 172 valence electrons. The van der Waals surface area contributed by atoms with E-state index < -0.39 is 17.7 Å². The Bertz CT molecular complexity index is 1300. The van der Waals surface area contributed by atoms with Gasteiger partial charge in [-0.15, -0.1) is 11.3 Å². The van der Waals surface area contributed by atoms with E-state index in [1.165, 1.54) is 16.2 Å². The highest BCUT2D eigenvalue weighted by Gasteiger charge is 2.48. The van der Waals surface area contributed by atoms with Gasteiger partial charge in [0, 0.05) is 23.6 Å². The first-order valence-corrected chi connectivity index (χ1v) is 11.7. The van der Waals surface area contributed by atoms with Gasteiger partial charge < -0.3 is 14.6 Å². The minimum atomic E-state index is -0.831. The molecule has 2 aromatic carbocycles. The average Bonchev–Trinajstić information content (AvgIpc) is 3.55. The van der Waals surface area contributed by atoms with Crippen LogP contribution in [0.25, 0.3) is 5.76 Å². The summed E-state index contributed by atoms with van der Waals surface area (Å²) in [7, 11) is 0. The molecule has 1 fully saturated rings. The Kier molecular flexibility index (Phi) is 5.67. The van der Waals surface area contributed by atoms with Crippen molar-refractivity contribution in [2.45, 2.75) is 25.5 Å². The Labute approximate surface area is 200 Å². The summed E-state index contributed by atoms with van der Waals surface area (Å²) in [5.74, 6) is -0.320. The third kappa shape index (κ3) is 3.76. The molecule has 3 heterocycles. The van der Waals surface area contributed by atoms with Crippen LogP contribution >= 0.6 is 11.3 Å². The molecule has 1 amide bonds. The second-order valence-electron chi connectivity index (χ2n) is 8.11. The Balaban J connectivity index is 1.62. The Morgan fingerprint density at radius 2 is 2.09 bits per heavy atom. The molecular weight excluding hydrogens is 452 g/mol. The summed E-state index contributed by atoms with van der Waals surface area (Å²) in [6.45, 7) is 5.97. The fourth-order valence-electron chi connectivity index (χ4n) is 4.31. The number of thiazole rings is 1. The molecule has 0 spiro atoms. The topological polar surface area (TPSA) is 89.0 Å². The second kappa shape index (κ2) is 8.79. The first-order chi connectivity index (χ1) is 16.5. The molecule has 1 N–H and O–H groups in total. The van der Waals surface area contributed by atoms with Crippen molar-refractivity contribution in [3.05, 3.63) is 89.0 Å². The number of fused-ring (bicyclic) bond motifs is 1. The molecule has 0 saturated carbocycles. The summed E-state index contributed by atoms with van der Waals surface area (Å²) in [6.07, 6.45) is 3.97. The van der Waals surface area contributed by atoms with Crippen LogP contribution in [0, 0.1) is 0 Å². The highest BCUT2D eigenvalue weighted by molar-refractivity contribution is 7.14. The van der Waals surface area contributed by atoms with Crippen LogP contribution in [0.15, 0.2) is 72.3 Å². The lowest BCUT2D eigenvalue weighted by Gasteiger charge is -2.23. The molecule has 2 aliphatic rings. The molecule has 7 nitrogen and oxygen atoms in total. The van der Waals surface area contributed by atoms with E-state index in [1.54, 1.807) is 54.1 Å². The van der Waals surface area contributed by atoms with Crippen LogP contribution in [0.4, 0.5) is 5.13 Å². The zero-order chi connectivity index (χ0) is 23.8. The molecular formula is C26H22N2O5S. The maximum absolute atomic E-state index is 13.2. The molecule has 0 radical (unpaired) electrons. The number of carbonyl (C=O) groups is 2. The predicted octanol–water partition coefficient (Wildman–Crippen LogP) is 4.66. The summed E-state index contributed by atoms with van der Waals surface area (Å²) in [4.78, 5) is 31.9. The lowest BCUT2D eigenvalue weighted by Crippen LogP contribution is -2.29. The number of amides is 1. The van der Waals surface area contributed by atoms with Gasteiger partial charge in [0.1, 0.15) is 30.0 Å². The van der Waals surface area contributed by atoms with Crippen LogP contribution in [0.1, 0.15) is 29.7 Å². The molecule has 0 aliphatic carbocycles. The standard InChI is InChI=1S/C26H22N2O5S/c1-3-11-32-19-7-4-16(5-8-19)22-21(24(30)25(31)28(22)26-27-10-12-34-26)23(29)17-6-9-20-18(14-17)13-15(2)33-20/h3-10,12,14-15,22,29H,1,11,13H2,2H3/b23-21+/t15-,22-/m1/s1. The van der Waals surface area contributed by atoms with Crippen LogP contribution in [-0.4, -0.2) is 34.5 Å². The molecule has 3 aromatic rings. The number of hydrogen-bond acceptors (Lipinski definition) is 7. The molecule has 34 heavy (non-hydrogen) atoms. The van der Waals surface area contributed by atoms with E-state index in [4.69, 9.17) is 9.47 Å². The van der Waals surface area contributed by atoms with Gasteiger partial charge in [0.25, 0.3) is 5.78 Å². The van der Waals surface area contributed by atoms with Crippen molar-refractivity contribution < 1.29 is 24.2 Å². The number of carbonyl (C=O) groups excluding carboxylic acids is 2. The van der Waals surface area contributed by atoms with Crippen molar-refractivity contribution in [3.8, 4) is 11.5 Å². The van der Waals surface area contributed by atoms with Gasteiger partial charge in [-0.3, -0.25) is 14.5 Å². The number of ether oxygens (including phenoxy) is 2. The number of aliphatic hydroxyl groups excluding tert-OH is 1. The van der Waals surface area contributed by atoms with Gasteiger partial charge in [-0.2, -0.15) is 0 Å². The third-order valence-electron chi connectivity index (χ3n) is 5.80. The Morgan fingerprint density at radius 1 is 1.29 bits per heavy atom. The van der Waals surface area contributed by atoms with E-state index >= 15 is 0 Å². The number of ketones is 1. The number of anilines is 1. The highest BCUT2D eigenvalue weighted by atomic mass is 32.1. The molecule has 0 bridgehead atoms. The summed E-state index contributed by atoms with van der Waals surface area (Å²) < 4.78 is 11.3. The number of rotatable bonds is 6. The van der Waals surface area contributed by atoms with Gasteiger partial charge in [-0.1, -0.05) is 24.8 Å². The number of benzene rings is 2. The van der Waals surface area contributed by atoms with E-state index in [1.807, 2.05) is 13.0 Å². The quantitative estimate of drug-likeness (QED) is 0.242. The number of hydrogen-bond donors (Lipinski definition) is 1. The molecule has 2 atom stereocenters. The van der Waals surface area contributed by atoms with Crippen LogP contribution in [0.3, 0.4) is 0 Å². The van der Waals surface area contributed by atoms with E-state index in [2.05, 4.69) is 11.6 Å². The highest BCUT2D eigenvalue weighted by Crippen LogP contribution is 2.43. The van der Waals surface area contributed by atoms with Crippen molar-refractivity contribution in [3.63, 3.8) is 0 Å². The molecule has 5 rings (SSSR count). The third-order valence-corrected chi connectivity index (χ3v) is 6.57. The predicted molar refractivity (Wildman–Crippen MR) is 129 cm³/mol. The minimum absolute atomic E-state index is 0.0203. The van der Waals surface area contributed by atoms with Crippen molar-refractivity contribution in [2.75, 3.05) is 11.5 Å². The maximum Gasteiger partial charge on any atom is 0.301 e. The summed E-state index contributed by atoms with van der Waals surface area (Å²) in [5, 5.41) is 13.4. The SMILES string of the molecule is C=CCOc1ccc([C@@H]2/C(=C(\O)c3ccc4c(c3)C[C@@H](C)O4)C(=O)C(=O)N2c2nccs2)cc1. The molecule has 1 aromatic heterocycles. The Morgan fingerprint density at radius 3 is 2.79 bits per heavy atom. The van der Waals surface area contributed by atoms with E-state index in [9.17, 15) is 14.7 Å². The average molecular weight is 475 g/mol. The first-order valence-electron chi connectivity index (χ1n) is 10.8. The van der Waals surface area contributed by atoms with Crippen molar-refractivity contribution in [2.24, 2.45) is 0 Å². The number of aliphatic hydroxyl groups is 1. The van der Waals surface area contributed by atoms with Crippen molar-refractivity contribution in [1.29, 1.82) is 0 Å². The fraction of sp³-hybridized carbons (Fsp3) is 0.192. The fourth-order valence-corrected chi connectivity index (χ4v) is 4.97. The lowest BCUT2D eigenvalue weighted by molar-refractivity contribution is -0.132. The lowest BCUT2D eigenvalue weighted by atomic mass is 9.94. The summed E-state index contributed by atoms with van der Waals surface area (Å²) in [5.41, 5.74) is 2.09. The number of aromatic nitrogens is 1. The van der Waals surface area contributed by atoms with E-state index in [-0.39, 0.29) is 17.4 Å². The zero-order valence-corrected chi connectivity index (χ0v) is 19.2. The van der Waals surface area contributed by atoms with Gasteiger partial charge in [-0.05, 0) is 48.4 Å². The zero-order valence-electron chi connectivity index (χ0n) is 18.4. The largest absolute Gasteiger partial charge is 0.507 e. The molecule has 0 unspecified atom stereocenters. The van der Waals surface area contributed by atoms with Crippen molar-refractivity contribution in [1.82, 2.24) is 4.98 Å². The number of nitrogens with zero attached hydrogens (tertiary/aromatic N) is 2. The smallest absolute Gasteiger partial charge is 0.301 e. The van der Waals surface area contributed by atoms with Gasteiger partial charge in [0.2, 0.25) is 0 Å². The van der Waals surface area contributed by atoms with Gasteiger partial charge in [-0.25, -0.2) is 4.98 Å². The summed E-state index contributed by atoms with van der Waals surface area (Å²) in [6, 6.07) is 11.5. The molecule has 8 heteroatoms. The van der Waals surface area contributed by atoms with Crippen LogP contribution in [0.2, 0.25) is 0 Å². The number of Topliss-reactive ketones (excluding diaryl/α,β-unsaturated/α-hetero) is 1. The van der Waals surface area contributed by atoms with Gasteiger partial charge in [0.05, 0.1) is 11.6 Å². The van der Waals surface area contributed by atoms with E-state index in [0.29, 0.717) is 35.0 Å². The minimum Gasteiger partial charge on any atom is -0.507 e. The summed E-state index contributed by atoms with van der Waals surface area (Å²) >= 11 is 1.25. The first kappa shape index (κ1) is 21.9.